The Balaban J connectivity index is 1.79. The van der Waals surface area contributed by atoms with Crippen molar-refractivity contribution in [2.24, 2.45) is 5.14 Å². The monoisotopic (exact) mass is 365 g/mol. The Kier molecular flexibility index (Phi) is 4.19. The molecule has 0 amide bonds. The van der Waals surface area contributed by atoms with Crippen LogP contribution in [-0.4, -0.2) is 38.3 Å². The molecule has 136 valence electrons. The fourth-order valence-corrected chi connectivity index (χ4v) is 3.75. The van der Waals surface area contributed by atoms with Crippen LogP contribution < -0.4 is 10.6 Å². The van der Waals surface area contributed by atoms with E-state index in [1.807, 2.05) is 52.0 Å². The molecule has 2 fully saturated rings. The summed E-state index contributed by atoms with van der Waals surface area (Å²) in [6.45, 7) is 7.97. The Hall–Kier alpha value is -1.22. The van der Waals surface area contributed by atoms with Crippen LogP contribution in [0.5, 0.6) is 0 Å². The van der Waals surface area contributed by atoms with Crippen molar-refractivity contribution in [3.63, 3.8) is 0 Å². The van der Waals surface area contributed by atoms with Crippen LogP contribution >= 0.6 is 0 Å². The zero-order chi connectivity index (χ0) is 18.7. The lowest BCUT2D eigenvalue weighted by Crippen LogP contribution is -2.41. The molecule has 3 rings (SSSR count). The average molecular weight is 365 g/mol. The van der Waals surface area contributed by atoms with Gasteiger partial charge in [0.05, 0.1) is 16.6 Å². The third-order valence-electron chi connectivity index (χ3n) is 5.60. The first-order chi connectivity index (χ1) is 11.4. The van der Waals surface area contributed by atoms with Crippen molar-refractivity contribution < 1.29 is 22.5 Å². The largest absolute Gasteiger partial charge is 0.494 e. The average Bonchev–Trinajstić information content (AvgIpc) is 3.22. The molecule has 0 aromatic heterocycles. The van der Waals surface area contributed by atoms with Gasteiger partial charge in [0, 0.05) is 0 Å². The highest BCUT2D eigenvalue weighted by atomic mass is 32.2. The summed E-state index contributed by atoms with van der Waals surface area (Å²) in [4.78, 5) is 12.3. The predicted molar refractivity (Wildman–Crippen MR) is 96.1 cm³/mol. The molecule has 2 aliphatic rings. The Morgan fingerprint density at radius 1 is 1.08 bits per heavy atom. The van der Waals surface area contributed by atoms with Crippen molar-refractivity contribution in [3.05, 3.63) is 29.8 Å². The van der Waals surface area contributed by atoms with Gasteiger partial charge >= 0.3 is 7.12 Å². The molecule has 0 unspecified atom stereocenters. The number of hydrogen-bond acceptors (Lipinski definition) is 5. The molecule has 1 heterocycles. The number of carbonyl (C=O) groups is 1. The summed E-state index contributed by atoms with van der Waals surface area (Å²) in [5.41, 5.74) is 0.151. The van der Waals surface area contributed by atoms with Gasteiger partial charge in [-0.25, -0.2) is 13.6 Å². The Morgan fingerprint density at radius 2 is 1.56 bits per heavy atom. The molecule has 8 heteroatoms. The summed E-state index contributed by atoms with van der Waals surface area (Å²) in [5.74, 6) is -0.954. The van der Waals surface area contributed by atoms with E-state index in [2.05, 4.69) is 0 Å². The number of ketones is 1. The van der Waals surface area contributed by atoms with E-state index >= 15 is 0 Å². The fourth-order valence-electron chi connectivity index (χ4n) is 3.11. The van der Waals surface area contributed by atoms with Crippen LogP contribution in [0.3, 0.4) is 0 Å². The zero-order valence-corrected chi connectivity index (χ0v) is 15.9. The van der Waals surface area contributed by atoms with Crippen molar-refractivity contribution in [1.29, 1.82) is 0 Å². The van der Waals surface area contributed by atoms with Gasteiger partial charge in [0.2, 0.25) is 10.0 Å². The van der Waals surface area contributed by atoms with E-state index in [9.17, 15) is 13.2 Å². The molecule has 0 bridgehead atoms. The minimum absolute atomic E-state index is 0.335. The first kappa shape index (κ1) is 18.6. The molecule has 1 saturated carbocycles. The molecule has 0 atom stereocenters. The van der Waals surface area contributed by atoms with Gasteiger partial charge in [-0.1, -0.05) is 24.3 Å². The second-order valence-electron chi connectivity index (χ2n) is 8.02. The number of carbonyl (C=O) groups excluding carboxylic acids is 1. The number of nitrogens with two attached hydrogens (primary N) is 1. The topological polar surface area (TPSA) is 95.7 Å². The van der Waals surface area contributed by atoms with Crippen LogP contribution in [-0.2, 0) is 29.5 Å². The number of primary sulfonamides is 1. The number of sulfonamides is 1. The van der Waals surface area contributed by atoms with Gasteiger partial charge in [0.1, 0.15) is 5.75 Å². The molecular formula is C17H24BNO5S. The van der Waals surface area contributed by atoms with Gasteiger partial charge in [0.15, 0.2) is 5.78 Å². The Bertz CT molecular complexity index is 781. The third-order valence-corrected chi connectivity index (χ3v) is 6.27. The van der Waals surface area contributed by atoms with Gasteiger partial charge in [-0.2, -0.15) is 0 Å². The van der Waals surface area contributed by atoms with Crippen molar-refractivity contribution in [3.8, 4) is 0 Å². The zero-order valence-electron chi connectivity index (χ0n) is 15.0. The summed E-state index contributed by atoms with van der Waals surface area (Å²) >= 11 is 0. The molecule has 25 heavy (non-hydrogen) atoms. The van der Waals surface area contributed by atoms with E-state index in [1.165, 1.54) is 0 Å². The molecule has 1 aromatic carbocycles. The molecule has 1 aliphatic heterocycles. The van der Waals surface area contributed by atoms with E-state index in [1.54, 1.807) is 0 Å². The first-order valence-corrected chi connectivity index (χ1v) is 10.1. The summed E-state index contributed by atoms with van der Waals surface area (Å²) in [5, 5.41) is 5.01. The van der Waals surface area contributed by atoms with Crippen LogP contribution in [0, 0.1) is 0 Å². The molecular weight excluding hydrogens is 341 g/mol. The molecule has 2 N–H and O–H groups in total. The molecule has 0 radical (unpaired) electrons. The maximum absolute atomic E-state index is 12.3. The van der Waals surface area contributed by atoms with Crippen LogP contribution in [0.15, 0.2) is 24.3 Å². The number of benzene rings is 1. The summed E-state index contributed by atoms with van der Waals surface area (Å²) in [6, 6.07) is 7.46. The summed E-state index contributed by atoms with van der Waals surface area (Å²) in [6.07, 6.45) is 1.30. The first-order valence-electron chi connectivity index (χ1n) is 8.36. The summed E-state index contributed by atoms with van der Waals surface area (Å²) < 4.78 is 34.5. The number of rotatable bonds is 5. The van der Waals surface area contributed by atoms with Gasteiger partial charge in [0.25, 0.3) is 0 Å². The Morgan fingerprint density at radius 3 is 1.96 bits per heavy atom. The predicted octanol–water partition coefficient (Wildman–Crippen LogP) is 0.875. The van der Waals surface area contributed by atoms with Crippen LogP contribution in [0.4, 0.5) is 0 Å². The maximum atomic E-state index is 12.3. The minimum Gasteiger partial charge on any atom is -0.399 e. The van der Waals surface area contributed by atoms with E-state index in [4.69, 9.17) is 14.4 Å². The van der Waals surface area contributed by atoms with Gasteiger partial charge in [-0.3, -0.25) is 4.79 Å². The van der Waals surface area contributed by atoms with E-state index in [-0.39, 0.29) is 5.78 Å². The van der Waals surface area contributed by atoms with Gasteiger partial charge in [-0.15, -0.1) is 0 Å². The van der Waals surface area contributed by atoms with Gasteiger partial charge in [-0.05, 0) is 51.6 Å². The quantitative estimate of drug-likeness (QED) is 0.782. The molecule has 1 aromatic rings. The highest BCUT2D eigenvalue weighted by molar-refractivity contribution is 7.89. The lowest BCUT2D eigenvalue weighted by atomic mass is 9.77. The van der Waals surface area contributed by atoms with Crippen LogP contribution in [0.2, 0.25) is 0 Å². The highest BCUT2D eigenvalue weighted by Crippen LogP contribution is 2.49. The molecule has 1 saturated heterocycles. The fraction of sp³-hybridized carbons (Fsp3) is 0.588. The van der Waals surface area contributed by atoms with E-state index in [0.717, 1.165) is 11.0 Å². The lowest BCUT2D eigenvalue weighted by molar-refractivity contribution is -0.119. The van der Waals surface area contributed by atoms with Gasteiger partial charge < -0.3 is 9.31 Å². The molecule has 1 aliphatic carbocycles. The lowest BCUT2D eigenvalue weighted by Gasteiger charge is -2.32. The second-order valence-corrected chi connectivity index (χ2v) is 9.64. The summed E-state index contributed by atoms with van der Waals surface area (Å²) in [7, 11) is -4.27. The van der Waals surface area contributed by atoms with Crippen molar-refractivity contribution in [2.75, 3.05) is 5.75 Å². The van der Waals surface area contributed by atoms with Crippen LogP contribution in [0.1, 0.15) is 46.1 Å². The standard InChI is InChI=1S/C17H24BNO5S/c1-15(2)16(3,4)24-18(23-15)13-7-5-12(6-8-13)17(9-10-17)14(20)11-25(19,21)22/h5-8H,9-11H2,1-4H3,(H2,19,21,22). The van der Waals surface area contributed by atoms with Crippen molar-refractivity contribution in [1.82, 2.24) is 0 Å². The van der Waals surface area contributed by atoms with Crippen molar-refractivity contribution >= 4 is 28.4 Å². The second kappa shape index (κ2) is 5.64. The normalized spacial score (nSPS) is 23.5. The third kappa shape index (κ3) is 3.40. The Labute approximate surface area is 149 Å². The maximum Gasteiger partial charge on any atom is 0.494 e. The molecule has 6 nitrogen and oxygen atoms in total. The van der Waals surface area contributed by atoms with Crippen molar-refractivity contribution in [2.45, 2.75) is 57.2 Å². The van der Waals surface area contributed by atoms with Crippen LogP contribution in [0.25, 0.3) is 0 Å². The number of Topliss-reactive ketones (excluding diaryl/α,β-unsaturated/α-hetero) is 1. The SMILES string of the molecule is CC1(C)OB(c2ccc(C3(C(=O)CS(N)(=O)=O)CC3)cc2)OC1(C)C. The van der Waals surface area contributed by atoms with E-state index in [0.29, 0.717) is 12.8 Å². The van der Waals surface area contributed by atoms with E-state index < -0.39 is 39.5 Å². The highest BCUT2D eigenvalue weighted by Gasteiger charge is 2.53. The smallest absolute Gasteiger partial charge is 0.399 e. The minimum atomic E-state index is -3.81. The molecule has 0 spiro atoms. The number of hydrogen-bond donors (Lipinski definition) is 1.